The van der Waals surface area contributed by atoms with Crippen molar-refractivity contribution < 1.29 is 9.31 Å². The van der Waals surface area contributed by atoms with Gasteiger partial charge in [0.25, 0.3) is 0 Å². The fourth-order valence-electron chi connectivity index (χ4n) is 7.81. The summed E-state index contributed by atoms with van der Waals surface area (Å²) in [7, 11) is -0.407. The van der Waals surface area contributed by atoms with Gasteiger partial charge in [-0.05, 0) is 145 Å². The van der Waals surface area contributed by atoms with Crippen LogP contribution in [0.1, 0.15) is 63.8 Å². The largest absolute Gasteiger partial charge is 0.494 e. The number of hydrogen-bond donors (Lipinski definition) is 0. The van der Waals surface area contributed by atoms with Crippen molar-refractivity contribution >= 4 is 29.6 Å². The first-order valence-electron chi connectivity index (χ1n) is 18.1. The van der Waals surface area contributed by atoms with Gasteiger partial charge in [0.05, 0.1) is 11.2 Å². The van der Waals surface area contributed by atoms with E-state index in [1.165, 1.54) is 55.6 Å². The van der Waals surface area contributed by atoms with E-state index in [1.807, 2.05) is 0 Å². The van der Waals surface area contributed by atoms with Gasteiger partial charge < -0.3 is 14.2 Å². The van der Waals surface area contributed by atoms with Crippen LogP contribution in [0, 0.1) is 13.8 Å². The molecule has 0 amide bonds. The van der Waals surface area contributed by atoms with Crippen LogP contribution < -0.4 is 10.4 Å². The lowest BCUT2D eigenvalue weighted by molar-refractivity contribution is 0.00578. The van der Waals surface area contributed by atoms with Crippen LogP contribution in [0.3, 0.4) is 0 Å². The highest BCUT2D eigenvalue weighted by atomic mass is 16.7. The Morgan fingerprint density at radius 2 is 0.980 bits per heavy atom. The van der Waals surface area contributed by atoms with E-state index in [-0.39, 0.29) is 5.41 Å². The number of nitrogens with zero attached hydrogens (tertiary/aromatic N) is 1. The van der Waals surface area contributed by atoms with Gasteiger partial charge in [0.2, 0.25) is 0 Å². The van der Waals surface area contributed by atoms with E-state index < -0.39 is 18.3 Å². The first-order chi connectivity index (χ1) is 24.3. The van der Waals surface area contributed by atoms with Crippen LogP contribution in [0.5, 0.6) is 0 Å². The summed E-state index contributed by atoms with van der Waals surface area (Å²) in [5, 5.41) is 0. The minimum atomic E-state index is -0.407. The standard InChI is InChI=1S/C47H46BNO2/c1-31-13-9-10-14-39(31)42-29-34(18-17-32(42)2)33-19-23-36(24-20-33)49(37-25-21-35(22-26-37)48-50-46(5,6)47(7,8)51-48)38-27-28-41-40-15-11-12-16-43(40)45(3,4)44(41)30-38/h9-30H,1-8H3. The summed E-state index contributed by atoms with van der Waals surface area (Å²) < 4.78 is 12.8. The Morgan fingerprint density at radius 1 is 0.451 bits per heavy atom. The van der Waals surface area contributed by atoms with E-state index in [0.29, 0.717) is 0 Å². The smallest absolute Gasteiger partial charge is 0.399 e. The predicted molar refractivity (Wildman–Crippen MR) is 215 cm³/mol. The molecule has 0 atom stereocenters. The minimum Gasteiger partial charge on any atom is -0.399 e. The Hall–Kier alpha value is -4.90. The van der Waals surface area contributed by atoms with Crippen molar-refractivity contribution in [3.8, 4) is 33.4 Å². The lowest BCUT2D eigenvalue weighted by atomic mass is 9.79. The van der Waals surface area contributed by atoms with Gasteiger partial charge in [0.1, 0.15) is 0 Å². The zero-order valence-corrected chi connectivity index (χ0v) is 31.0. The summed E-state index contributed by atoms with van der Waals surface area (Å²) >= 11 is 0. The average Bonchev–Trinajstić information content (AvgIpc) is 3.49. The number of benzene rings is 6. The van der Waals surface area contributed by atoms with Gasteiger partial charge in [-0.1, -0.05) is 105 Å². The molecule has 3 nitrogen and oxygen atoms in total. The summed E-state index contributed by atoms with van der Waals surface area (Å²) in [6.07, 6.45) is 0. The molecule has 2 aliphatic rings. The molecular formula is C47H46BNO2. The molecule has 254 valence electrons. The Balaban J connectivity index is 1.19. The van der Waals surface area contributed by atoms with Crippen LogP contribution in [0.15, 0.2) is 133 Å². The van der Waals surface area contributed by atoms with E-state index >= 15 is 0 Å². The monoisotopic (exact) mass is 667 g/mol. The van der Waals surface area contributed by atoms with Crippen LogP contribution >= 0.6 is 0 Å². The van der Waals surface area contributed by atoms with Gasteiger partial charge in [-0.3, -0.25) is 0 Å². The second kappa shape index (κ2) is 12.1. The Labute approximate surface area is 304 Å². The second-order valence-electron chi connectivity index (χ2n) is 15.8. The summed E-state index contributed by atoms with van der Waals surface area (Å²) in [6, 6.07) is 48.9. The lowest BCUT2D eigenvalue weighted by Crippen LogP contribution is -2.41. The number of hydrogen-bond acceptors (Lipinski definition) is 3. The Kier molecular flexibility index (Phi) is 7.90. The highest BCUT2D eigenvalue weighted by Crippen LogP contribution is 2.50. The minimum absolute atomic E-state index is 0.0989. The summed E-state index contributed by atoms with van der Waals surface area (Å²) in [4.78, 5) is 2.37. The number of anilines is 3. The number of fused-ring (bicyclic) bond motifs is 3. The molecule has 0 unspecified atom stereocenters. The maximum absolute atomic E-state index is 6.39. The van der Waals surface area contributed by atoms with Gasteiger partial charge in [-0.25, -0.2) is 0 Å². The topological polar surface area (TPSA) is 21.7 Å². The van der Waals surface area contributed by atoms with Crippen LogP contribution in [0.4, 0.5) is 17.1 Å². The number of rotatable bonds is 6. The second-order valence-corrected chi connectivity index (χ2v) is 15.8. The van der Waals surface area contributed by atoms with E-state index in [9.17, 15) is 0 Å². The molecule has 1 heterocycles. The molecule has 0 spiro atoms. The van der Waals surface area contributed by atoms with Crippen molar-refractivity contribution in [1.29, 1.82) is 0 Å². The molecule has 0 aromatic heterocycles. The van der Waals surface area contributed by atoms with Crippen molar-refractivity contribution in [2.24, 2.45) is 0 Å². The van der Waals surface area contributed by atoms with E-state index in [1.54, 1.807) is 0 Å². The predicted octanol–water partition coefficient (Wildman–Crippen LogP) is 11.7. The van der Waals surface area contributed by atoms with Gasteiger partial charge in [0.15, 0.2) is 0 Å². The first-order valence-corrected chi connectivity index (χ1v) is 18.1. The van der Waals surface area contributed by atoms with Gasteiger partial charge in [0, 0.05) is 22.5 Å². The maximum Gasteiger partial charge on any atom is 0.494 e. The van der Waals surface area contributed by atoms with Crippen molar-refractivity contribution in [2.75, 3.05) is 4.90 Å². The zero-order valence-electron chi connectivity index (χ0n) is 31.0. The molecule has 0 saturated carbocycles. The summed E-state index contributed by atoms with van der Waals surface area (Å²) in [6.45, 7) is 17.5. The van der Waals surface area contributed by atoms with Crippen molar-refractivity contribution in [3.63, 3.8) is 0 Å². The van der Waals surface area contributed by atoms with E-state index in [2.05, 4.69) is 194 Å². The lowest BCUT2D eigenvalue weighted by Gasteiger charge is -2.32. The molecule has 6 aromatic rings. The molecule has 1 fully saturated rings. The highest BCUT2D eigenvalue weighted by molar-refractivity contribution is 6.62. The quantitative estimate of drug-likeness (QED) is 0.165. The maximum atomic E-state index is 6.39. The molecule has 4 heteroatoms. The van der Waals surface area contributed by atoms with Crippen molar-refractivity contribution in [1.82, 2.24) is 0 Å². The third kappa shape index (κ3) is 5.62. The normalized spacial score (nSPS) is 16.5. The molecule has 1 aliphatic carbocycles. The van der Waals surface area contributed by atoms with E-state index in [0.717, 1.165) is 22.5 Å². The fraction of sp³-hybridized carbons (Fsp3) is 0.234. The Bertz CT molecular complexity index is 2250. The molecule has 0 radical (unpaired) electrons. The molecule has 8 rings (SSSR count). The van der Waals surface area contributed by atoms with Gasteiger partial charge in [-0.2, -0.15) is 0 Å². The SMILES string of the molecule is Cc1ccccc1-c1cc(-c2ccc(N(c3ccc(B4OC(C)(C)C(C)(C)O4)cc3)c3ccc4c(c3)C(C)(C)c3ccccc3-4)cc2)ccc1C. The molecule has 0 N–H and O–H groups in total. The number of aryl methyl sites for hydroxylation is 2. The highest BCUT2D eigenvalue weighted by Gasteiger charge is 2.51. The van der Waals surface area contributed by atoms with Crippen LogP contribution in [-0.4, -0.2) is 18.3 Å². The van der Waals surface area contributed by atoms with Crippen LogP contribution in [-0.2, 0) is 14.7 Å². The molecule has 51 heavy (non-hydrogen) atoms. The third-order valence-corrected chi connectivity index (χ3v) is 11.6. The molecule has 6 aromatic carbocycles. The van der Waals surface area contributed by atoms with Crippen LogP contribution in [0.2, 0.25) is 0 Å². The summed E-state index contributed by atoms with van der Waals surface area (Å²) in [5.74, 6) is 0. The molecule has 0 bridgehead atoms. The van der Waals surface area contributed by atoms with Gasteiger partial charge >= 0.3 is 7.12 Å². The molecule has 1 saturated heterocycles. The van der Waals surface area contributed by atoms with Crippen molar-refractivity contribution in [3.05, 3.63) is 156 Å². The van der Waals surface area contributed by atoms with Gasteiger partial charge in [-0.15, -0.1) is 0 Å². The van der Waals surface area contributed by atoms with Crippen LogP contribution in [0.25, 0.3) is 33.4 Å². The molecular weight excluding hydrogens is 621 g/mol. The first kappa shape index (κ1) is 33.3. The van der Waals surface area contributed by atoms with Crippen molar-refractivity contribution in [2.45, 2.75) is 72.0 Å². The van der Waals surface area contributed by atoms with E-state index in [4.69, 9.17) is 9.31 Å². The Morgan fingerprint density at radius 3 is 1.65 bits per heavy atom. The molecule has 1 aliphatic heterocycles. The average molecular weight is 668 g/mol. The summed E-state index contributed by atoms with van der Waals surface area (Å²) in [5.41, 5.74) is 16.3. The third-order valence-electron chi connectivity index (χ3n) is 11.6. The zero-order chi connectivity index (χ0) is 35.7. The fourth-order valence-corrected chi connectivity index (χ4v) is 7.81.